The lowest BCUT2D eigenvalue weighted by Crippen LogP contribution is -2.71. The molecule has 0 aromatic heterocycles. The van der Waals surface area contributed by atoms with Crippen molar-refractivity contribution in [3.63, 3.8) is 0 Å². The topological polar surface area (TPSA) is 90.0 Å². The molecule has 2 N–H and O–H groups in total. The minimum Gasteiger partial charge on any atom is -0.391 e. The van der Waals surface area contributed by atoms with E-state index >= 15 is 0 Å². The zero-order valence-electron chi connectivity index (χ0n) is 14.0. The van der Waals surface area contributed by atoms with Crippen LogP contribution >= 0.6 is 0 Å². The first-order chi connectivity index (χ1) is 11.8. The van der Waals surface area contributed by atoms with Gasteiger partial charge in [-0.05, 0) is 31.5 Å². The van der Waals surface area contributed by atoms with Gasteiger partial charge >= 0.3 is 0 Å². The Morgan fingerprint density at radius 1 is 1.36 bits per heavy atom. The normalized spacial score (nSPS) is 24.6. The lowest BCUT2D eigenvalue weighted by Gasteiger charge is -2.45. The third-order valence-corrected chi connectivity index (χ3v) is 4.72. The van der Waals surface area contributed by atoms with Crippen molar-refractivity contribution >= 4 is 17.7 Å². The van der Waals surface area contributed by atoms with E-state index in [0.717, 1.165) is 0 Å². The van der Waals surface area contributed by atoms with Gasteiger partial charge < -0.3 is 20.2 Å². The Kier molecular flexibility index (Phi) is 4.47. The predicted octanol–water partition coefficient (Wildman–Crippen LogP) is -0.334. The van der Waals surface area contributed by atoms with Gasteiger partial charge in [0.15, 0.2) is 0 Å². The van der Waals surface area contributed by atoms with Crippen molar-refractivity contribution in [2.45, 2.75) is 32.0 Å². The van der Waals surface area contributed by atoms with Crippen molar-refractivity contribution in [2.24, 2.45) is 0 Å². The van der Waals surface area contributed by atoms with Gasteiger partial charge in [-0.25, -0.2) is 4.39 Å². The number of fused-ring (bicyclic) bond motifs is 1. The summed E-state index contributed by atoms with van der Waals surface area (Å²) < 4.78 is 13.7. The summed E-state index contributed by atoms with van der Waals surface area (Å²) in [6, 6.07) is 2.50. The van der Waals surface area contributed by atoms with E-state index in [1.54, 1.807) is 13.0 Å². The highest BCUT2D eigenvalue weighted by Gasteiger charge is 2.45. The third kappa shape index (κ3) is 3.09. The summed E-state index contributed by atoms with van der Waals surface area (Å²) >= 11 is 0. The molecular weight excluding hydrogens is 329 g/mol. The van der Waals surface area contributed by atoms with Crippen LogP contribution in [0.3, 0.4) is 0 Å². The molecule has 3 amide bonds. The van der Waals surface area contributed by atoms with Crippen LogP contribution in [-0.2, 0) is 9.59 Å². The molecule has 0 bridgehead atoms. The van der Waals surface area contributed by atoms with Gasteiger partial charge in [-0.3, -0.25) is 14.4 Å². The minimum atomic E-state index is -0.993. The van der Waals surface area contributed by atoms with Crippen LogP contribution in [0.2, 0.25) is 0 Å². The molecule has 0 spiro atoms. The number of hydrogen-bond donors (Lipinski definition) is 2. The van der Waals surface area contributed by atoms with Crippen molar-refractivity contribution < 1.29 is 23.9 Å². The fourth-order valence-corrected chi connectivity index (χ4v) is 3.18. The molecule has 0 saturated carbocycles. The highest BCUT2D eigenvalue weighted by molar-refractivity contribution is 5.99. The van der Waals surface area contributed by atoms with Gasteiger partial charge in [0.25, 0.3) is 5.91 Å². The maximum absolute atomic E-state index is 13.7. The molecule has 1 aromatic carbocycles. The number of amides is 3. The van der Waals surface area contributed by atoms with Crippen LogP contribution in [0.1, 0.15) is 22.8 Å². The van der Waals surface area contributed by atoms with Gasteiger partial charge in [0.05, 0.1) is 12.6 Å². The van der Waals surface area contributed by atoms with Crippen LogP contribution in [-0.4, -0.2) is 70.4 Å². The summed E-state index contributed by atoms with van der Waals surface area (Å²) in [5.74, 6) is -1.60. The lowest BCUT2D eigenvalue weighted by atomic mass is 10.0. The number of hydrogen-bond acceptors (Lipinski definition) is 4. The summed E-state index contributed by atoms with van der Waals surface area (Å²) in [6.45, 7) is 3.53. The highest BCUT2D eigenvalue weighted by Crippen LogP contribution is 2.20. The zero-order valence-corrected chi connectivity index (χ0v) is 14.0. The van der Waals surface area contributed by atoms with E-state index < -0.39 is 29.9 Å². The van der Waals surface area contributed by atoms with Crippen molar-refractivity contribution in [2.75, 3.05) is 19.6 Å². The van der Waals surface area contributed by atoms with Crippen LogP contribution in [0, 0.1) is 12.7 Å². The summed E-state index contributed by atoms with van der Waals surface area (Å²) in [4.78, 5) is 40.1. The molecule has 0 unspecified atom stereocenters. The van der Waals surface area contributed by atoms with Gasteiger partial charge in [-0.2, -0.15) is 0 Å². The maximum Gasteiger partial charge on any atom is 0.254 e. The number of piperazine rings is 2. The largest absolute Gasteiger partial charge is 0.391 e. The van der Waals surface area contributed by atoms with Crippen LogP contribution in [0.25, 0.3) is 0 Å². The fourth-order valence-electron chi connectivity index (χ4n) is 3.18. The summed E-state index contributed by atoms with van der Waals surface area (Å²) in [6.07, 6.45) is -0.993. The number of carbonyl (C=O) groups is 3. The molecule has 2 fully saturated rings. The van der Waals surface area contributed by atoms with E-state index in [1.165, 1.54) is 28.9 Å². The molecule has 2 saturated heterocycles. The van der Waals surface area contributed by atoms with Crippen LogP contribution in [0.15, 0.2) is 18.2 Å². The molecule has 7 nitrogen and oxygen atoms in total. The average Bonchev–Trinajstić information content (AvgIpc) is 2.59. The second-order valence-electron chi connectivity index (χ2n) is 6.49. The number of halogens is 1. The Labute approximate surface area is 144 Å². The van der Waals surface area contributed by atoms with Gasteiger partial charge in [-0.15, -0.1) is 0 Å². The molecule has 134 valence electrons. The summed E-state index contributed by atoms with van der Waals surface area (Å²) in [5.41, 5.74) is 0.656. The summed E-state index contributed by atoms with van der Waals surface area (Å²) in [7, 11) is 0. The molecule has 8 heteroatoms. The Hall–Kier alpha value is -2.48. The Morgan fingerprint density at radius 3 is 2.72 bits per heavy atom. The molecule has 25 heavy (non-hydrogen) atoms. The molecular formula is C17H20FN3O4. The number of nitrogens with zero attached hydrogens (tertiary/aromatic N) is 2. The molecule has 3 atom stereocenters. The number of benzene rings is 1. The first-order valence-corrected chi connectivity index (χ1v) is 8.14. The Bertz CT molecular complexity index is 737. The average molecular weight is 349 g/mol. The van der Waals surface area contributed by atoms with Crippen molar-refractivity contribution in [1.82, 2.24) is 15.1 Å². The molecule has 2 heterocycles. The monoisotopic (exact) mass is 349 g/mol. The number of aryl methyl sites for hydroxylation is 1. The molecule has 2 aliphatic rings. The van der Waals surface area contributed by atoms with Crippen molar-refractivity contribution in [3.8, 4) is 0 Å². The van der Waals surface area contributed by atoms with Crippen LogP contribution < -0.4 is 5.32 Å². The fraction of sp³-hybridized carbons (Fsp3) is 0.471. The highest BCUT2D eigenvalue weighted by atomic mass is 19.1. The molecule has 3 rings (SSSR count). The van der Waals surface area contributed by atoms with Crippen LogP contribution in [0.4, 0.5) is 4.39 Å². The molecule has 0 radical (unpaired) electrons. The molecule has 0 aliphatic carbocycles. The second-order valence-corrected chi connectivity index (χ2v) is 6.49. The second kappa shape index (κ2) is 6.44. The van der Waals surface area contributed by atoms with Gasteiger partial charge in [0, 0.05) is 18.7 Å². The first kappa shape index (κ1) is 17.3. The molecule has 2 aliphatic heterocycles. The smallest absolute Gasteiger partial charge is 0.254 e. The number of aliphatic hydroxyl groups excluding tert-OH is 1. The number of carbonyl (C=O) groups excluding carboxylic acids is 3. The standard InChI is InChI=1S/C17H20FN3O4/c1-9-3-4-11(7-12(9)18)16(24)20-5-6-21-13(8-20)15(23)19-14(10(2)22)17(21)25/h3-4,7,10,13-14,22H,5-6,8H2,1-2H3,(H,19,23)/t10-,13-,14+/m1/s1. The van der Waals surface area contributed by atoms with Crippen molar-refractivity contribution in [1.29, 1.82) is 0 Å². The van der Waals surface area contributed by atoms with E-state index in [9.17, 15) is 23.9 Å². The number of nitrogens with one attached hydrogen (secondary N) is 1. The van der Waals surface area contributed by atoms with E-state index in [0.29, 0.717) is 5.56 Å². The SMILES string of the molecule is Cc1ccc(C(=O)N2CCN3C(=O)[C@H]([C@@H](C)O)NC(=O)[C@H]3C2)cc1F. The molecule has 1 aromatic rings. The number of rotatable bonds is 2. The van der Waals surface area contributed by atoms with Gasteiger partial charge in [0.1, 0.15) is 17.9 Å². The van der Waals surface area contributed by atoms with Gasteiger partial charge in [0.2, 0.25) is 11.8 Å². The van der Waals surface area contributed by atoms with E-state index in [1.807, 2.05) is 0 Å². The van der Waals surface area contributed by atoms with Crippen LogP contribution in [0.5, 0.6) is 0 Å². The van der Waals surface area contributed by atoms with E-state index in [2.05, 4.69) is 5.32 Å². The Balaban J connectivity index is 1.76. The van der Waals surface area contributed by atoms with E-state index in [-0.39, 0.29) is 37.0 Å². The third-order valence-electron chi connectivity index (χ3n) is 4.72. The zero-order chi connectivity index (χ0) is 18.3. The summed E-state index contributed by atoms with van der Waals surface area (Å²) in [5, 5.41) is 12.1. The van der Waals surface area contributed by atoms with Crippen molar-refractivity contribution in [3.05, 3.63) is 35.1 Å². The minimum absolute atomic E-state index is 0.0401. The van der Waals surface area contributed by atoms with E-state index in [4.69, 9.17) is 0 Å². The lowest BCUT2D eigenvalue weighted by molar-refractivity contribution is -0.155. The quantitative estimate of drug-likeness (QED) is 0.765. The Morgan fingerprint density at radius 2 is 2.08 bits per heavy atom. The first-order valence-electron chi connectivity index (χ1n) is 8.14. The number of aliphatic hydroxyl groups is 1. The maximum atomic E-state index is 13.7. The van der Waals surface area contributed by atoms with Gasteiger partial charge in [-0.1, -0.05) is 6.07 Å². The predicted molar refractivity (Wildman–Crippen MR) is 86.2 cm³/mol.